The Kier molecular flexibility index (Phi) is 5.95. The van der Waals surface area contributed by atoms with Crippen molar-refractivity contribution in [3.05, 3.63) is 35.4 Å². The third kappa shape index (κ3) is 4.56. The molecule has 2 rings (SSSR count). The fourth-order valence-corrected chi connectivity index (χ4v) is 2.96. The van der Waals surface area contributed by atoms with Gasteiger partial charge in [-0.2, -0.15) is 0 Å². The van der Waals surface area contributed by atoms with E-state index in [0.717, 1.165) is 25.1 Å². The molecule has 0 aromatic heterocycles. The number of aryl methyl sites for hydroxylation is 1. The lowest BCUT2D eigenvalue weighted by molar-refractivity contribution is -0.909. The number of nitrogens with one attached hydrogen (secondary N) is 3. The molecule has 1 saturated heterocycles. The van der Waals surface area contributed by atoms with E-state index in [2.05, 4.69) is 17.6 Å². The summed E-state index contributed by atoms with van der Waals surface area (Å²) in [6.07, 6.45) is 2.32. The number of carbonyl (C=O) groups excluding carboxylic acids is 2. The fourth-order valence-electron chi connectivity index (χ4n) is 2.96. The van der Waals surface area contributed by atoms with E-state index in [1.165, 1.54) is 16.9 Å². The second-order valence-electron chi connectivity index (χ2n) is 5.98. The van der Waals surface area contributed by atoms with Crippen molar-refractivity contribution in [2.75, 3.05) is 19.6 Å². The van der Waals surface area contributed by atoms with E-state index in [9.17, 15) is 9.59 Å². The first-order valence-electron chi connectivity index (χ1n) is 8.06. The predicted octanol–water partition coefficient (Wildman–Crippen LogP) is -0.205. The maximum absolute atomic E-state index is 11.8. The van der Waals surface area contributed by atoms with Gasteiger partial charge in [0.05, 0.1) is 19.6 Å². The maximum atomic E-state index is 11.8. The lowest BCUT2D eigenvalue weighted by Crippen LogP contribution is -3.14. The molecule has 1 aliphatic rings. The van der Waals surface area contributed by atoms with Crippen LogP contribution in [0.25, 0.3) is 0 Å². The summed E-state index contributed by atoms with van der Waals surface area (Å²) in [5.74, 6) is -1.09. The van der Waals surface area contributed by atoms with Gasteiger partial charge in [0.15, 0.2) is 0 Å². The van der Waals surface area contributed by atoms with Crippen LogP contribution in [0.4, 0.5) is 0 Å². The molecule has 1 heterocycles. The Morgan fingerprint density at radius 2 is 1.86 bits per heavy atom. The number of amides is 2. The van der Waals surface area contributed by atoms with Crippen molar-refractivity contribution in [3.63, 3.8) is 0 Å². The van der Waals surface area contributed by atoms with E-state index in [-0.39, 0.29) is 0 Å². The van der Waals surface area contributed by atoms with Gasteiger partial charge >= 0.3 is 11.8 Å². The van der Waals surface area contributed by atoms with Crippen LogP contribution in [0.15, 0.2) is 24.3 Å². The number of hydrogen-bond acceptors (Lipinski definition) is 2. The van der Waals surface area contributed by atoms with Gasteiger partial charge < -0.3 is 15.5 Å². The quantitative estimate of drug-likeness (QED) is 0.660. The van der Waals surface area contributed by atoms with E-state index in [4.69, 9.17) is 0 Å². The first-order chi connectivity index (χ1) is 10.6. The van der Waals surface area contributed by atoms with Crippen molar-refractivity contribution < 1.29 is 14.5 Å². The van der Waals surface area contributed by atoms with E-state index in [1.54, 1.807) is 0 Å². The van der Waals surface area contributed by atoms with Gasteiger partial charge in [-0.3, -0.25) is 9.59 Å². The summed E-state index contributed by atoms with van der Waals surface area (Å²) in [4.78, 5) is 25.2. The highest BCUT2D eigenvalue weighted by atomic mass is 16.2. The van der Waals surface area contributed by atoms with Crippen molar-refractivity contribution in [2.45, 2.75) is 39.3 Å². The van der Waals surface area contributed by atoms with Crippen molar-refractivity contribution in [1.29, 1.82) is 0 Å². The molecular weight excluding hydrogens is 278 g/mol. The number of likely N-dealkylation sites (tertiary alicyclic amines) is 1. The fraction of sp³-hybridized carbons (Fsp3) is 0.529. The Labute approximate surface area is 132 Å². The van der Waals surface area contributed by atoms with Crippen molar-refractivity contribution in [2.24, 2.45) is 0 Å². The summed E-state index contributed by atoms with van der Waals surface area (Å²) in [7, 11) is 0. The normalized spacial score (nSPS) is 20.6. The third-order valence-electron chi connectivity index (χ3n) is 4.37. The Hall–Kier alpha value is -1.88. The highest BCUT2D eigenvalue weighted by Gasteiger charge is 2.27. The number of benzene rings is 1. The summed E-state index contributed by atoms with van der Waals surface area (Å²) in [5.41, 5.74) is 2.16. The molecule has 2 amide bonds. The molecule has 120 valence electrons. The lowest BCUT2D eigenvalue weighted by Gasteiger charge is -2.19. The van der Waals surface area contributed by atoms with Gasteiger partial charge in [0.1, 0.15) is 6.04 Å². The van der Waals surface area contributed by atoms with E-state index in [0.29, 0.717) is 19.1 Å². The number of carbonyl (C=O) groups is 2. The summed E-state index contributed by atoms with van der Waals surface area (Å²) in [6, 6.07) is 8.33. The van der Waals surface area contributed by atoms with Gasteiger partial charge in [0.25, 0.3) is 0 Å². The summed E-state index contributed by atoms with van der Waals surface area (Å²) in [5, 5.41) is 5.42. The SMILES string of the molecule is CC[NH+]1CCC[C@H]1CNC(=O)C(=O)NCc1ccc(C)cc1. The van der Waals surface area contributed by atoms with Crippen LogP contribution < -0.4 is 15.5 Å². The number of rotatable bonds is 5. The molecule has 5 heteroatoms. The monoisotopic (exact) mass is 304 g/mol. The van der Waals surface area contributed by atoms with Crippen LogP contribution in [0.2, 0.25) is 0 Å². The molecule has 1 unspecified atom stereocenters. The van der Waals surface area contributed by atoms with Gasteiger partial charge in [0, 0.05) is 19.4 Å². The molecule has 0 bridgehead atoms. The van der Waals surface area contributed by atoms with Crippen molar-refractivity contribution in [1.82, 2.24) is 10.6 Å². The summed E-state index contributed by atoms with van der Waals surface area (Å²) >= 11 is 0. The number of quaternary nitrogens is 1. The Morgan fingerprint density at radius 1 is 1.18 bits per heavy atom. The molecule has 1 aliphatic heterocycles. The second kappa shape index (κ2) is 7.94. The van der Waals surface area contributed by atoms with Gasteiger partial charge in [-0.15, -0.1) is 0 Å². The first-order valence-corrected chi connectivity index (χ1v) is 8.06. The minimum absolute atomic E-state index is 0.377. The Balaban J connectivity index is 1.72. The minimum Gasteiger partial charge on any atom is -0.344 e. The number of likely N-dealkylation sites (N-methyl/N-ethyl adjacent to an activating group) is 1. The van der Waals surface area contributed by atoms with Crippen molar-refractivity contribution in [3.8, 4) is 0 Å². The number of hydrogen-bond donors (Lipinski definition) is 3. The van der Waals surface area contributed by atoms with Crippen LogP contribution in [0.1, 0.15) is 30.9 Å². The zero-order valence-corrected chi connectivity index (χ0v) is 13.4. The molecule has 1 fully saturated rings. The van der Waals surface area contributed by atoms with Gasteiger partial charge in [-0.1, -0.05) is 29.8 Å². The van der Waals surface area contributed by atoms with Gasteiger partial charge in [-0.25, -0.2) is 0 Å². The minimum atomic E-state index is -0.559. The largest absolute Gasteiger partial charge is 0.344 e. The third-order valence-corrected chi connectivity index (χ3v) is 4.37. The zero-order chi connectivity index (χ0) is 15.9. The van der Waals surface area contributed by atoms with E-state index < -0.39 is 11.8 Å². The second-order valence-corrected chi connectivity index (χ2v) is 5.98. The summed E-state index contributed by atoms with van der Waals surface area (Å²) in [6.45, 7) is 7.36. The molecule has 3 N–H and O–H groups in total. The average Bonchev–Trinajstić information content (AvgIpc) is 2.99. The molecule has 1 aromatic rings. The lowest BCUT2D eigenvalue weighted by atomic mass is 10.1. The van der Waals surface area contributed by atoms with E-state index >= 15 is 0 Å². The van der Waals surface area contributed by atoms with Crippen LogP contribution in [-0.4, -0.2) is 37.5 Å². The first kappa shape index (κ1) is 16.5. The van der Waals surface area contributed by atoms with Crippen LogP contribution in [0, 0.1) is 6.92 Å². The standard InChI is InChI=1S/C17H25N3O2/c1-3-20-10-4-5-15(20)12-19-17(22)16(21)18-11-14-8-6-13(2)7-9-14/h6-9,15H,3-5,10-12H2,1-2H3,(H,18,21)(H,19,22)/p+1/t15-/m0/s1. The topological polar surface area (TPSA) is 62.6 Å². The molecule has 1 aromatic carbocycles. The van der Waals surface area contributed by atoms with Crippen LogP contribution in [-0.2, 0) is 16.1 Å². The molecule has 0 spiro atoms. The van der Waals surface area contributed by atoms with Gasteiger partial charge in [-0.05, 0) is 19.4 Å². The maximum Gasteiger partial charge on any atom is 0.309 e. The average molecular weight is 304 g/mol. The molecule has 0 radical (unpaired) electrons. The van der Waals surface area contributed by atoms with Gasteiger partial charge in [0.2, 0.25) is 0 Å². The molecule has 0 saturated carbocycles. The van der Waals surface area contributed by atoms with Crippen LogP contribution >= 0.6 is 0 Å². The van der Waals surface area contributed by atoms with Crippen LogP contribution in [0.3, 0.4) is 0 Å². The Bertz CT molecular complexity index is 513. The molecular formula is C17H26N3O2+. The predicted molar refractivity (Wildman–Crippen MR) is 85.4 cm³/mol. The summed E-state index contributed by atoms with van der Waals surface area (Å²) < 4.78 is 0. The highest BCUT2D eigenvalue weighted by Crippen LogP contribution is 2.02. The molecule has 5 nitrogen and oxygen atoms in total. The zero-order valence-electron chi connectivity index (χ0n) is 13.4. The molecule has 0 aliphatic carbocycles. The molecule has 2 atom stereocenters. The van der Waals surface area contributed by atoms with Crippen molar-refractivity contribution >= 4 is 11.8 Å². The van der Waals surface area contributed by atoms with Crippen LogP contribution in [0.5, 0.6) is 0 Å². The van der Waals surface area contributed by atoms with E-state index in [1.807, 2.05) is 31.2 Å². The highest BCUT2D eigenvalue weighted by molar-refractivity contribution is 6.35. The Morgan fingerprint density at radius 3 is 2.55 bits per heavy atom. The smallest absolute Gasteiger partial charge is 0.309 e. The molecule has 22 heavy (non-hydrogen) atoms.